The number of aryl methyl sites for hydroxylation is 1. The highest BCUT2D eigenvalue weighted by molar-refractivity contribution is 6.01. The molecule has 1 N–H and O–H groups in total. The van der Waals surface area contributed by atoms with Crippen molar-refractivity contribution in [2.45, 2.75) is 26.9 Å². The van der Waals surface area contributed by atoms with E-state index < -0.39 is 5.91 Å². The number of hydrogen-bond donors (Lipinski definition) is 1. The molecule has 0 saturated carbocycles. The topological polar surface area (TPSA) is 77.2 Å². The van der Waals surface area contributed by atoms with Gasteiger partial charge in [-0.3, -0.25) is 4.79 Å². The van der Waals surface area contributed by atoms with Crippen LogP contribution < -0.4 is 10.1 Å². The zero-order valence-electron chi connectivity index (χ0n) is 14.3. The third kappa shape index (κ3) is 4.03. The van der Waals surface area contributed by atoms with Crippen LogP contribution in [0.4, 0.5) is 5.69 Å². The van der Waals surface area contributed by atoms with Gasteiger partial charge in [-0.15, -0.1) is 10.2 Å². The fraction of sp³-hybridized carbons (Fsp3) is 0.211. The second kappa shape index (κ2) is 7.17. The van der Waals surface area contributed by atoms with Crippen molar-refractivity contribution >= 4 is 11.6 Å². The monoisotopic (exact) mass is 337 g/mol. The van der Waals surface area contributed by atoms with Crippen LogP contribution in [0.3, 0.4) is 0 Å². The maximum Gasteiger partial charge on any atom is 0.313 e. The first-order chi connectivity index (χ1) is 12.0. The Morgan fingerprint density at radius 2 is 1.80 bits per heavy atom. The Hall–Kier alpha value is -3.15. The van der Waals surface area contributed by atoms with E-state index in [0.29, 0.717) is 17.3 Å². The maximum absolute atomic E-state index is 12.4. The molecule has 0 aliphatic carbocycles. The van der Waals surface area contributed by atoms with E-state index in [2.05, 4.69) is 15.5 Å². The normalized spacial score (nSPS) is 10.7. The van der Waals surface area contributed by atoms with Gasteiger partial charge in [0.2, 0.25) is 5.89 Å². The van der Waals surface area contributed by atoms with Gasteiger partial charge in [0.05, 0.1) is 11.8 Å². The number of nitrogens with zero attached hydrogens (tertiary/aromatic N) is 2. The van der Waals surface area contributed by atoms with Crippen molar-refractivity contribution in [2.75, 3.05) is 5.32 Å². The fourth-order valence-electron chi connectivity index (χ4n) is 2.23. The Kier molecular flexibility index (Phi) is 4.79. The van der Waals surface area contributed by atoms with E-state index in [-0.39, 0.29) is 12.0 Å². The summed E-state index contributed by atoms with van der Waals surface area (Å²) in [6.45, 7) is 5.84. The minimum atomic E-state index is -0.481. The number of carbonyl (C=O) groups excluding carboxylic acids is 1. The maximum atomic E-state index is 12.4. The van der Waals surface area contributed by atoms with Crippen molar-refractivity contribution in [2.24, 2.45) is 0 Å². The molecule has 1 heterocycles. The molecular weight excluding hydrogens is 318 g/mol. The Morgan fingerprint density at radius 3 is 2.52 bits per heavy atom. The molecule has 25 heavy (non-hydrogen) atoms. The molecule has 0 atom stereocenters. The van der Waals surface area contributed by atoms with E-state index in [1.165, 1.54) is 0 Å². The molecule has 3 aromatic rings. The van der Waals surface area contributed by atoms with Crippen molar-refractivity contribution < 1.29 is 13.9 Å². The third-order valence-electron chi connectivity index (χ3n) is 3.42. The molecule has 2 aromatic carbocycles. The third-order valence-corrected chi connectivity index (χ3v) is 3.42. The van der Waals surface area contributed by atoms with Crippen molar-refractivity contribution in [3.8, 4) is 17.2 Å². The van der Waals surface area contributed by atoms with Crippen LogP contribution in [0.2, 0.25) is 0 Å². The summed E-state index contributed by atoms with van der Waals surface area (Å²) in [7, 11) is 0. The first kappa shape index (κ1) is 16.7. The van der Waals surface area contributed by atoms with Crippen molar-refractivity contribution in [3.63, 3.8) is 0 Å². The predicted octanol–water partition coefficient (Wildman–Crippen LogP) is 4.08. The van der Waals surface area contributed by atoms with Crippen LogP contribution in [-0.4, -0.2) is 22.2 Å². The van der Waals surface area contributed by atoms with Crippen molar-refractivity contribution in [3.05, 3.63) is 60.0 Å². The summed E-state index contributed by atoms with van der Waals surface area (Å²) in [6, 6.07) is 14.8. The van der Waals surface area contributed by atoms with Crippen LogP contribution in [-0.2, 0) is 0 Å². The minimum absolute atomic E-state index is 0.00500. The molecule has 1 amide bonds. The number of amides is 1. The fourth-order valence-corrected chi connectivity index (χ4v) is 2.23. The molecule has 6 nitrogen and oxygen atoms in total. The molecule has 128 valence electrons. The Balaban J connectivity index is 1.78. The standard InChI is InChI=1S/C19H19N3O3/c1-12(2)24-16-7-5-4-6-15(16)20-17(23)19-22-21-18(25-19)14-10-8-13(3)9-11-14/h4-12H,1-3H3,(H,20,23). The number of nitrogens with one attached hydrogen (secondary N) is 1. The summed E-state index contributed by atoms with van der Waals surface area (Å²) in [5, 5.41) is 10.5. The van der Waals surface area contributed by atoms with Gasteiger partial charge in [0.25, 0.3) is 0 Å². The largest absolute Gasteiger partial charge is 0.489 e. The number of anilines is 1. The average molecular weight is 337 g/mol. The highest BCUT2D eigenvalue weighted by Crippen LogP contribution is 2.26. The summed E-state index contributed by atoms with van der Waals surface area (Å²) in [5.41, 5.74) is 2.44. The number of benzene rings is 2. The van der Waals surface area contributed by atoms with Crippen LogP contribution in [0, 0.1) is 6.92 Å². The zero-order chi connectivity index (χ0) is 17.8. The summed E-state index contributed by atoms with van der Waals surface area (Å²) in [4.78, 5) is 12.4. The smallest absolute Gasteiger partial charge is 0.313 e. The molecule has 0 aliphatic heterocycles. The number of aromatic nitrogens is 2. The highest BCUT2D eigenvalue weighted by atomic mass is 16.5. The van der Waals surface area contributed by atoms with Gasteiger partial charge in [0.1, 0.15) is 5.75 Å². The predicted molar refractivity (Wildman–Crippen MR) is 94.6 cm³/mol. The SMILES string of the molecule is Cc1ccc(-c2nnc(C(=O)Nc3ccccc3OC(C)C)o2)cc1. The van der Waals surface area contributed by atoms with E-state index in [0.717, 1.165) is 11.1 Å². The first-order valence-electron chi connectivity index (χ1n) is 8.00. The quantitative estimate of drug-likeness (QED) is 0.759. The molecule has 0 spiro atoms. The number of ether oxygens (including phenoxy) is 1. The molecule has 0 radical (unpaired) electrons. The van der Waals surface area contributed by atoms with Crippen LogP contribution in [0.1, 0.15) is 30.1 Å². The van der Waals surface area contributed by atoms with Gasteiger partial charge in [0, 0.05) is 5.56 Å². The molecular formula is C19H19N3O3. The molecule has 0 saturated heterocycles. The lowest BCUT2D eigenvalue weighted by atomic mass is 10.1. The van der Waals surface area contributed by atoms with Gasteiger partial charge in [-0.2, -0.15) is 0 Å². The Bertz CT molecular complexity index is 870. The van der Waals surface area contributed by atoms with E-state index in [4.69, 9.17) is 9.15 Å². The molecule has 1 aromatic heterocycles. The number of rotatable bonds is 5. The van der Waals surface area contributed by atoms with Crippen molar-refractivity contribution in [1.82, 2.24) is 10.2 Å². The molecule has 0 fully saturated rings. The Morgan fingerprint density at radius 1 is 1.08 bits per heavy atom. The first-order valence-corrected chi connectivity index (χ1v) is 8.00. The molecule has 3 rings (SSSR count). The second-order valence-electron chi connectivity index (χ2n) is 5.90. The number of hydrogen-bond acceptors (Lipinski definition) is 5. The lowest BCUT2D eigenvalue weighted by Gasteiger charge is -2.13. The highest BCUT2D eigenvalue weighted by Gasteiger charge is 2.17. The Labute approximate surface area is 145 Å². The van der Waals surface area contributed by atoms with Gasteiger partial charge in [-0.1, -0.05) is 29.8 Å². The van der Waals surface area contributed by atoms with Gasteiger partial charge < -0.3 is 14.5 Å². The molecule has 0 bridgehead atoms. The lowest BCUT2D eigenvalue weighted by Crippen LogP contribution is -2.14. The minimum Gasteiger partial charge on any atom is -0.489 e. The van der Waals surface area contributed by atoms with Gasteiger partial charge in [0.15, 0.2) is 0 Å². The van der Waals surface area contributed by atoms with Gasteiger partial charge >= 0.3 is 11.8 Å². The lowest BCUT2D eigenvalue weighted by molar-refractivity contribution is 0.0990. The van der Waals surface area contributed by atoms with E-state index >= 15 is 0 Å². The molecule has 0 aliphatic rings. The number of carbonyl (C=O) groups is 1. The van der Waals surface area contributed by atoms with Crippen LogP contribution in [0.15, 0.2) is 52.9 Å². The van der Waals surface area contributed by atoms with Gasteiger partial charge in [-0.25, -0.2) is 0 Å². The summed E-state index contributed by atoms with van der Waals surface area (Å²) in [6.07, 6.45) is -0.00500. The molecule has 6 heteroatoms. The zero-order valence-corrected chi connectivity index (χ0v) is 14.3. The van der Waals surface area contributed by atoms with Crippen LogP contribution in [0.5, 0.6) is 5.75 Å². The van der Waals surface area contributed by atoms with Crippen molar-refractivity contribution in [1.29, 1.82) is 0 Å². The number of para-hydroxylation sites is 2. The molecule has 0 unspecified atom stereocenters. The van der Waals surface area contributed by atoms with Gasteiger partial charge in [-0.05, 0) is 45.0 Å². The average Bonchev–Trinajstić information content (AvgIpc) is 3.07. The summed E-state index contributed by atoms with van der Waals surface area (Å²) >= 11 is 0. The van der Waals surface area contributed by atoms with E-state index in [1.807, 2.05) is 57.2 Å². The summed E-state index contributed by atoms with van der Waals surface area (Å²) < 4.78 is 11.2. The van der Waals surface area contributed by atoms with Crippen LogP contribution >= 0.6 is 0 Å². The van der Waals surface area contributed by atoms with E-state index in [9.17, 15) is 4.79 Å². The second-order valence-corrected chi connectivity index (χ2v) is 5.90. The van der Waals surface area contributed by atoms with Crippen LogP contribution in [0.25, 0.3) is 11.5 Å². The summed E-state index contributed by atoms with van der Waals surface area (Å²) in [5.74, 6) is 0.307. The van der Waals surface area contributed by atoms with E-state index in [1.54, 1.807) is 12.1 Å².